The van der Waals surface area contributed by atoms with E-state index in [1.165, 1.54) is 11.3 Å². The zero-order valence-electron chi connectivity index (χ0n) is 7.05. The van der Waals surface area contributed by atoms with Crippen LogP contribution in [-0.2, 0) is 0 Å². The highest BCUT2D eigenvalue weighted by Crippen LogP contribution is 2.37. The van der Waals surface area contributed by atoms with Gasteiger partial charge in [-0.05, 0) is 40.2 Å². The molecule has 0 amide bonds. The van der Waals surface area contributed by atoms with E-state index < -0.39 is 0 Å². The molecule has 0 aromatic carbocycles. The molecule has 1 aromatic heterocycles. The summed E-state index contributed by atoms with van der Waals surface area (Å²) in [7, 11) is 0. The van der Waals surface area contributed by atoms with Crippen molar-refractivity contribution in [2.75, 3.05) is 0 Å². The molecule has 0 bridgehead atoms. The lowest BCUT2D eigenvalue weighted by atomic mass is 10.1. The zero-order chi connectivity index (χ0) is 9.47. The predicted octanol–water partition coefficient (Wildman–Crippen LogP) is 2.57. The van der Waals surface area contributed by atoms with Crippen molar-refractivity contribution < 1.29 is 4.79 Å². The molecule has 0 atom stereocenters. The molecule has 0 aliphatic heterocycles. The number of hydrogen-bond acceptors (Lipinski definition) is 3. The van der Waals surface area contributed by atoms with Gasteiger partial charge in [0.05, 0.1) is 4.88 Å². The van der Waals surface area contributed by atoms with E-state index >= 15 is 0 Å². The van der Waals surface area contributed by atoms with Crippen LogP contribution in [0.4, 0.5) is 0 Å². The Morgan fingerprint density at radius 2 is 2.38 bits per heavy atom. The highest BCUT2D eigenvalue weighted by molar-refractivity contribution is 9.10. The lowest BCUT2D eigenvalue weighted by Gasteiger charge is -2.05. The third-order valence-electron chi connectivity index (χ3n) is 2.28. The normalized spacial score (nSPS) is 18.6. The summed E-state index contributed by atoms with van der Waals surface area (Å²) in [6.07, 6.45) is 2.47. The molecule has 0 radical (unpaired) electrons. The molecule has 4 heteroatoms. The van der Waals surface area contributed by atoms with Gasteiger partial charge in [0.2, 0.25) is 0 Å². The van der Waals surface area contributed by atoms with Crippen molar-refractivity contribution >= 4 is 33.0 Å². The third-order valence-corrected chi connectivity index (χ3v) is 4.15. The number of halogens is 1. The molecule has 0 saturated heterocycles. The van der Waals surface area contributed by atoms with Crippen LogP contribution in [0.3, 0.4) is 0 Å². The molecule has 0 unspecified atom stereocenters. The van der Waals surface area contributed by atoms with Gasteiger partial charge < -0.3 is 5.73 Å². The Morgan fingerprint density at radius 1 is 1.69 bits per heavy atom. The van der Waals surface area contributed by atoms with E-state index in [0.29, 0.717) is 6.42 Å². The molecule has 70 valence electrons. The summed E-state index contributed by atoms with van der Waals surface area (Å²) in [4.78, 5) is 12.5. The molecule has 2 nitrogen and oxygen atoms in total. The summed E-state index contributed by atoms with van der Waals surface area (Å²) >= 11 is 4.82. The fourth-order valence-corrected chi connectivity index (χ4v) is 2.76. The summed E-state index contributed by atoms with van der Waals surface area (Å²) in [5.41, 5.74) is 5.69. The van der Waals surface area contributed by atoms with Gasteiger partial charge in [-0.15, -0.1) is 11.3 Å². The van der Waals surface area contributed by atoms with Crippen molar-refractivity contribution in [3.63, 3.8) is 0 Å². The number of carbonyl (C=O) groups excluding carboxylic acids is 1. The molecule has 2 N–H and O–H groups in total. The number of Topliss-reactive ketones (excluding diaryl/α,β-unsaturated/α-hetero) is 1. The van der Waals surface area contributed by atoms with Crippen LogP contribution < -0.4 is 5.73 Å². The van der Waals surface area contributed by atoms with Gasteiger partial charge in [0.25, 0.3) is 0 Å². The molecule has 1 heterocycles. The molecule has 2 rings (SSSR count). The number of carbonyl (C=O) groups is 1. The maximum Gasteiger partial charge on any atom is 0.175 e. The van der Waals surface area contributed by atoms with Gasteiger partial charge in [0.15, 0.2) is 5.78 Å². The molecule has 1 aliphatic carbocycles. The van der Waals surface area contributed by atoms with Crippen LogP contribution in [0, 0.1) is 0 Å². The van der Waals surface area contributed by atoms with E-state index in [9.17, 15) is 4.79 Å². The summed E-state index contributed by atoms with van der Waals surface area (Å²) in [5.74, 6) is 0.168. The van der Waals surface area contributed by atoms with Crippen LogP contribution in [-0.4, -0.2) is 11.3 Å². The first kappa shape index (κ1) is 9.37. The minimum atomic E-state index is -0.180. The largest absolute Gasteiger partial charge is 0.325 e. The van der Waals surface area contributed by atoms with Gasteiger partial charge in [0, 0.05) is 16.4 Å². The van der Waals surface area contributed by atoms with E-state index in [2.05, 4.69) is 15.9 Å². The van der Waals surface area contributed by atoms with Crippen molar-refractivity contribution in [3.05, 3.63) is 20.8 Å². The molecule has 1 fully saturated rings. The Balaban J connectivity index is 2.09. The minimum Gasteiger partial charge on any atom is -0.325 e. The second-order valence-electron chi connectivity index (χ2n) is 3.56. The second kappa shape index (κ2) is 3.19. The highest BCUT2D eigenvalue weighted by Gasteiger charge is 2.40. The molecular formula is C9H10BrNOS. The Morgan fingerprint density at radius 3 is 2.85 bits per heavy atom. The zero-order valence-corrected chi connectivity index (χ0v) is 9.45. The van der Waals surface area contributed by atoms with E-state index in [4.69, 9.17) is 5.73 Å². The number of thiophene rings is 1. The summed E-state index contributed by atoms with van der Waals surface area (Å²) in [6.45, 7) is 0. The number of nitrogens with two attached hydrogens (primary N) is 1. The van der Waals surface area contributed by atoms with Crippen LogP contribution in [0.2, 0.25) is 0 Å². The van der Waals surface area contributed by atoms with E-state index in [1.54, 1.807) is 0 Å². The van der Waals surface area contributed by atoms with Crippen LogP contribution in [0.1, 0.15) is 28.9 Å². The fourth-order valence-electron chi connectivity index (χ4n) is 1.23. The summed E-state index contributed by atoms with van der Waals surface area (Å²) in [6, 6.07) is 1.90. The summed E-state index contributed by atoms with van der Waals surface area (Å²) < 4.78 is 0.895. The minimum absolute atomic E-state index is 0.168. The average molecular weight is 260 g/mol. The molecule has 1 aliphatic rings. The molecule has 13 heavy (non-hydrogen) atoms. The fraction of sp³-hybridized carbons (Fsp3) is 0.444. The van der Waals surface area contributed by atoms with Gasteiger partial charge in [0.1, 0.15) is 0 Å². The van der Waals surface area contributed by atoms with Crippen LogP contribution in [0.25, 0.3) is 0 Å². The van der Waals surface area contributed by atoms with Crippen molar-refractivity contribution in [3.8, 4) is 0 Å². The van der Waals surface area contributed by atoms with Gasteiger partial charge in [-0.2, -0.15) is 0 Å². The van der Waals surface area contributed by atoms with Crippen molar-refractivity contribution in [2.45, 2.75) is 24.8 Å². The monoisotopic (exact) mass is 259 g/mol. The standard InChI is InChI=1S/C9H10BrNOS/c10-6-1-4-13-8(6)7(12)5-9(11)2-3-9/h1,4H,2-3,5,11H2. The molecule has 1 aromatic rings. The third kappa shape index (κ3) is 2.00. The first-order valence-corrected chi connectivity index (χ1v) is 5.83. The van der Waals surface area contributed by atoms with E-state index in [-0.39, 0.29) is 11.3 Å². The SMILES string of the molecule is NC1(CC(=O)c2sccc2Br)CC1. The van der Waals surface area contributed by atoms with Gasteiger partial charge in [-0.25, -0.2) is 0 Å². The first-order chi connectivity index (χ1) is 6.11. The first-order valence-electron chi connectivity index (χ1n) is 4.16. The molecule has 1 saturated carbocycles. The topological polar surface area (TPSA) is 43.1 Å². The van der Waals surface area contributed by atoms with E-state index in [0.717, 1.165) is 22.2 Å². The van der Waals surface area contributed by atoms with Crippen molar-refractivity contribution in [1.29, 1.82) is 0 Å². The van der Waals surface area contributed by atoms with E-state index in [1.807, 2.05) is 11.4 Å². The van der Waals surface area contributed by atoms with Crippen LogP contribution >= 0.6 is 27.3 Å². The smallest absolute Gasteiger partial charge is 0.175 e. The Labute approximate surface area is 89.3 Å². The maximum atomic E-state index is 11.7. The number of ketones is 1. The van der Waals surface area contributed by atoms with Crippen molar-refractivity contribution in [1.82, 2.24) is 0 Å². The summed E-state index contributed by atoms with van der Waals surface area (Å²) in [5, 5.41) is 1.91. The molecule has 0 spiro atoms. The van der Waals surface area contributed by atoms with Gasteiger partial charge >= 0.3 is 0 Å². The second-order valence-corrected chi connectivity index (χ2v) is 5.33. The number of hydrogen-bond donors (Lipinski definition) is 1. The lowest BCUT2D eigenvalue weighted by Crippen LogP contribution is -2.25. The molecular weight excluding hydrogens is 250 g/mol. The quantitative estimate of drug-likeness (QED) is 0.849. The van der Waals surface area contributed by atoms with Crippen LogP contribution in [0.5, 0.6) is 0 Å². The number of rotatable bonds is 3. The highest BCUT2D eigenvalue weighted by atomic mass is 79.9. The Hall–Kier alpha value is -0.190. The van der Waals surface area contributed by atoms with Gasteiger partial charge in [-0.1, -0.05) is 0 Å². The average Bonchev–Trinajstić information content (AvgIpc) is 2.63. The Kier molecular flexibility index (Phi) is 2.30. The Bertz CT molecular complexity index is 343. The van der Waals surface area contributed by atoms with Crippen LogP contribution in [0.15, 0.2) is 15.9 Å². The predicted molar refractivity (Wildman–Crippen MR) is 57.1 cm³/mol. The lowest BCUT2D eigenvalue weighted by molar-refractivity contribution is 0.0974. The maximum absolute atomic E-state index is 11.7. The van der Waals surface area contributed by atoms with Crippen molar-refractivity contribution in [2.24, 2.45) is 5.73 Å². The van der Waals surface area contributed by atoms with Gasteiger partial charge in [-0.3, -0.25) is 4.79 Å².